The second-order valence-corrected chi connectivity index (χ2v) is 3.43. The molecular weight excluding hydrogens is 206 g/mol. The normalized spacial score (nSPS) is 17.3. The van der Waals surface area contributed by atoms with Crippen LogP contribution in [0.3, 0.4) is 0 Å². The molecule has 7 heteroatoms. The number of nitrogens with one attached hydrogen (secondary N) is 2. The molecule has 1 aliphatic rings. The van der Waals surface area contributed by atoms with Gasteiger partial charge in [0.15, 0.2) is 6.29 Å². The van der Waals surface area contributed by atoms with Gasteiger partial charge in [-0.3, -0.25) is 20.0 Å². The number of allylic oxidation sites excluding steroid dienone is 1. The average Bonchev–Trinajstić information content (AvgIpc) is 2.53. The lowest BCUT2D eigenvalue weighted by atomic mass is 10.3. The summed E-state index contributed by atoms with van der Waals surface area (Å²) in [7, 11) is 0. The van der Waals surface area contributed by atoms with Gasteiger partial charge < -0.3 is 5.11 Å². The zero-order valence-electron chi connectivity index (χ0n) is 7.19. The summed E-state index contributed by atoms with van der Waals surface area (Å²) in [6.45, 7) is 0.287. The molecule has 0 atom stereocenters. The molecule has 0 aromatic rings. The molecule has 0 amide bonds. The summed E-state index contributed by atoms with van der Waals surface area (Å²) < 4.78 is 0. The molecule has 1 saturated heterocycles. The molecule has 76 valence electrons. The fourth-order valence-electron chi connectivity index (χ4n) is 0.876. The molecule has 0 saturated carbocycles. The molecule has 14 heavy (non-hydrogen) atoms. The number of aliphatic carboxylic acids is 1. The Morgan fingerprint density at radius 2 is 2.50 bits per heavy atom. The molecule has 0 unspecified atom stereocenters. The Labute approximate surface area is 84.6 Å². The van der Waals surface area contributed by atoms with Gasteiger partial charge in [-0.2, -0.15) is 4.83 Å². The van der Waals surface area contributed by atoms with Gasteiger partial charge in [0.1, 0.15) is 5.04 Å². The van der Waals surface area contributed by atoms with Crippen molar-refractivity contribution in [1.82, 2.24) is 9.84 Å². The van der Waals surface area contributed by atoms with Crippen LogP contribution in [0.15, 0.2) is 11.8 Å². The molecule has 1 aliphatic heterocycles. The van der Waals surface area contributed by atoms with E-state index in [0.717, 1.165) is 11.9 Å². The number of aldehydes is 1. The number of carboxylic acid groups (broad SMARTS) is 1. The van der Waals surface area contributed by atoms with Crippen molar-refractivity contribution in [2.45, 2.75) is 6.42 Å². The first-order chi connectivity index (χ1) is 6.63. The quantitative estimate of drug-likeness (QED) is 0.347. The molecule has 1 heterocycles. The van der Waals surface area contributed by atoms with Crippen LogP contribution >= 0.6 is 11.9 Å². The summed E-state index contributed by atoms with van der Waals surface area (Å²) in [6.07, 6.45) is 1.67. The Balaban J connectivity index is 2.61. The van der Waals surface area contributed by atoms with E-state index in [1.54, 1.807) is 0 Å². The molecule has 6 nitrogen and oxygen atoms in total. The Hall–Kier alpha value is -1.34. The van der Waals surface area contributed by atoms with Crippen LogP contribution in [0.5, 0.6) is 0 Å². The first-order valence-corrected chi connectivity index (χ1v) is 4.59. The van der Waals surface area contributed by atoms with Crippen molar-refractivity contribution in [2.75, 3.05) is 6.54 Å². The first kappa shape index (κ1) is 10.7. The molecular formula is C7H9N3O3S. The van der Waals surface area contributed by atoms with Crippen LogP contribution in [0.25, 0.3) is 0 Å². The molecule has 0 spiro atoms. The average molecular weight is 215 g/mol. The van der Waals surface area contributed by atoms with E-state index < -0.39 is 5.97 Å². The van der Waals surface area contributed by atoms with E-state index >= 15 is 0 Å². The van der Waals surface area contributed by atoms with Crippen LogP contribution in [0.2, 0.25) is 0 Å². The lowest BCUT2D eigenvalue weighted by Crippen LogP contribution is -2.28. The SMILES string of the molecule is N=C1CN(C(C=O)=CCC(=O)O)NS1. The van der Waals surface area contributed by atoms with Crippen molar-refractivity contribution in [3.05, 3.63) is 11.8 Å². The molecule has 0 bridgehead atoms. The fraction of sp³-hybridized carbons (Fsp3) is 0.286. The van der Waals surface area contributed by atoms with Gasteiger partial charge in [0.25, 0.3) is 0 Å². The number of carboxylic acids is 1. The third-order valence-electron chi connectivity index (χ3n) is 1.50. The van der Waals surface area contributed by atoms with Crippen LogP contribution in [-0.2, 0) is 9.59 Å². The zero-order chi connectivity index (χ0) is 10.6. The summed E-state index contributed by atoms with van der Waals surface area (Å²) in [5.41, 5.74) is 0.238. The van der Waals surface area contributed by atoms with Crippen molar-refractivity contribution in [3.63, 3.8) is 0 Å². The highest BCUT2D eigenvalue weighted by Gasteiger charge is 2.18. The number of hydrogen-bond donors (Lipinski definition) is 3. The van der Waals surface area contributed by atoms with Gasteiger partial charge in [0.2, 0.25) is 0 Å². The second-order valence-electron chi connectivity index (χ2n) is 2.55. The largest absolute Gasteiger partial charge is 0.481 e. The van der Waals surface area contributed by atoms with E-state index in [4.69, 9.17) is 10.5 Å². The van der Waals surface area contributed by atoms with E-state index in [-0.39, 0.29) is 18.7 Å². The number of hydrazine groups is 1. The Bertz CT molecular complexity index is 303. The van der Waals surface area contributed by atoms with Crippen LogP contribution in [-0.4, -0.2) is 34.0 Å². The fourth-order valence-corrected chi connectivity index (χ4v) is 1.46. The second kappa shape index (κ2) is 4.77. The van der Waals surface area contributed by atoms with Crippen molar-refractivity contribution < 1.29 is 14.7 Å². The molecule has 1 fully saturated rings. The lowest BCUT2D eigenvalue weighted by molar-refractivity contribution is -0.136. The number of nitrogens with zero attached hydrogens (tertiary/aromatic N) is 1. The van der Waals surface area contributed by atoms with E-state index in [0.29, 0.717) is 11.3 Å². The van der Waals surface area contributed by atoms with Crippen molar-refractivity contribution in [2.24, 2.45) is 0 Å². The van der Waals surface area contributed by atoms with Gasteiger partial charge in [-0.25, -0.2) is 0 Å². The number of rotatable bonds is 4. The van der Waals surface area contributed by atoms with Crippen molar-refractivity contribution >= 4 is 29.2 Å². The maximum Gasteiger partial charge on any atom is 0.307 e. The Kier molecular flexibility index (Phi) is 3.66. The maximum atomic E-state index is 10.6. The summed E-state index contributed by atoms with van der Waals surface area (Å²) >= 11 is 1.10. The molecule has 1 rings (SSSR count). The predicted molar refractivity (Wildman–Crippen MR) is 51.6 cm³/mol. The highest BCUT2D eigenvalue weighted by molar-refractivity contribution is 8.12. The Morgan fingerprint density at radius 3 is 2.93 bits per heavy atom. The number of hydrogen-bond acceptors (Lipinski definition) is 6. The number of carbonyl (C=O) groups is 2. The summed E-state index contributed by atoms with van der Waals surface area (Å²) in [5.74, 6) is -0.994. The van der Waals surface area contributed by atoms with Crippen molar-refractivity contribution in [1.29, 1.82) is 5.41 Å². The van der Waals surface area contributed by atoms with Gasteiger partial charge in [0, 0.05) is 0 Å². The summed E-state index contributed by atoms with van der Waals surface area (Å²) in [6, 6.07) is 0. The number of carbonyl (C=O) groups excluding carboxylic acids is 1. The van der Waals surface area contributed by atoms with Crippen molar-refractivity contribution in [3.8, 4) is 0 Å². The summed E-state index contributed by atoms with van der Waals surface area (Å²) in [5, 5.41) is 17.5. The molecule has 3 N–H and O–H groups in total. The third kappa shape index (κ3) is 2.86. The van der Waals surface area contributed by atoms with Gasteiger partial charge in [-0.05, 0) is 18.0 Å². The minimum atomic E-state index is -0.994. The van der Waals surface area contributed by atoms with E-state index in [9.17, 15) is 9.59 Å². The Morgan fingerprint density at radius 1 is 1.79 bits per heavy atom. The van der Waals surface area contributed by atoms with E-state index in [2.05, 4.69) is 4.83 Å². The van der Waals surface area contributed by atoms with Crippen LogP contribution < -0.4 is 4.83 Å². The van der Waals surface area contributed by atoms with Crippen LogP contribution in [0, 0.1) is 5.41 Å². The predicted octanol–water partition coefficient (Wildman–Crippen LogP) is -0.0104. The third-order valence-corrected chi connectivity index (χ3v) is 2.19. The van der Waals surface area contributed by atoms with Crippen LogP contribution in [0.4, 0.5) is 0 Å². The van der Waals surface area contributed by atoms with Gasteiger partial charge in [-0.1, -0.05) is 0 Å². The lowest BCUT2D eigenvalue weighted by Gasteiger charge is -2.14. The highest BCUT2D eigenvalue weighted by Crippen LogP contribution is 2.13. The topological polar surface area (TPSA) is 93.5 Å². The summed E-state index contributed by atoms with van der Waals surface area (Å²) in [4.78, 5) is 23.6. The molecule has 0 aromatic heterocycles. The standard InChI is InChI=1S/C7H9N3O3S/c8-6-3-10(9-14-6)5(4-11)1-2-7(12)13/h1,4,8-9H,2-3H2,(H,12,13). The highest BCUT2D eigenvalue weighted by atomic mass is 32.2. The van der Waals surface area contributed by atoms with Gasteiger partial charge in [0.05, 0.1) is 18.7 Å². The first-order valence-electron chi connectivity index (χ1n) is 3.78. The molecule has 0 radical (unpaired) electrons. The van der Waals surface area contributed by atoms with Gasteiger partial charge in [-0.15, -0.1) is 0 Å². The minimum Gasteiger partial charge on any atom is -0.481 e. The van der Waals surface area contributed by atoms with Gasteiger partial charge >= 0.3 is 5.97 Å². The molecule has 0 aliphatic carbocycles. The zero-order valence-corrected chi connectivity index (χ0v) is 8.00. The monoisotopic (exact) mass is 215 g/mol. The van der Waals surface area contributed by atoms with Crippen LogP contribution in [0.1, 0.15) is 6.42 Å². The minimum absolute atomic E-state index is 0.204. The molecule has 0 aromatic carbocycles. The van der Waals surface area contributed by atoms with E-state index in [1.165, 1.54) is 11.1 Å². The smallest absolute Gasteiger partial charge is 0.307 e. The maximum absolute atomic E-state index is 10.6. The van der Waals surface area contributed by atoms with E-state index in [1.807, 2.05) is 0 Å².